The van der Waals surface area contributed by atoms with Crippen LogP contribution in [0.3, 0.4) is 0 Å². The lowest BCUT2D eigenvalue weighted by molar-refractivity contribution is 0.412. The smallest absolute Gasteiger partial charge is 0.133 e. The minimum Gasteiger partial charge on any atom is -0.497 e. The summed E-state index contributed by atoms with van der Waals surface area (Å²) in [6.07, 6.45) is 2.84. The Balaban J connectivity index is 2.12. The van der Waals surface area contributed by atoms with Crippen molar-refractivity contribution in [2.45, 2.75) is 6.42 Å². The van der Waals surface area contributed by atoms with Gasteiger partial charge in [-0.05, 0) is 36.3 Å². The van der Waals surface area contributed by atoms with Crippen molar-refractivity contribution in [3.8, 4) is 5.75 Å². The molecule has 0 radical (unpaired) electrons. The number of hydrogen-bond donors (Lipinski definition) is 0. The molecule has 18 heavy (non-hydrogen) atoms. The molecule has 0 saturated heterocycles. The normalized spacial score (nSPS) is 17.7. The number of aliphatic imine (C=N–C) groups is 1. The zero-order valence-corrected chi connectivity index (χ0v) is 10.9. The Bertz CT molecular complexity index is 589. The Morgan fingerprint density at radius 1 is 1.44 bits per heavy atom. The number of rotatable bonds is 1. The summed E-state index contributed by atoms with van der Waals surface area (Å²) >= 11 is 6.02. The summed E-state index contributed by atoms with van der Waals surface area (Å²) in [6, 6.07) is 6.11. The molecule has 0 spiro atoms. The summed E-state index contributed by atoms with van der Waals surface area (Å²) in [7, 11) is 1.68. The lowest BCUT2D eigenvalue weighted by Gasteiger charge is -2.35. The van der Waals surface area contributed by atoms with E-state index < -0.39 is 0 Å². The molecule has 0 unspecified atom stereocenters. The van der Waals surface area contributed by atoms with Crippen molar-refractivity contribution in [1.82, 2.24) is 4.90 Å². The monoisotopic (exact) mass is 260 g/mol. The molecule has 1 aromatic carbocycles. The SMILES string of the molecule is C=C1N=C(Cl)C=C2c3ccc(OC)cc3CCN12. The highest BCUT2D eigenvalue weighted by Gasteiger charge is 2.25. The summed E-state index contributed by atoms with van der Waals surface area (Å²) < 4.78 is 5.26. The summed E-state index contributed by atoms with van der Waals surface area (Å²) in [5.41, 5.74) is 3.52. The molecule has 4 heteroatoms. The molecule has 0 saturated carbocycles. The van der Waals surface area contributed by atoms with Gasteiger partial charge in [-0.3, -0.25) is 0 Å². The Morgan fingerprint density at radius 3 is 3.06 bits per heavy atom. The van der Waals surface area contributed by atoms with Gasteiger partial charge in [0.1, 0.15) is 16.7 Å². The average Bonchev–Trinajstić information content (AvgIpc) is 2.37. The van der Waals surface area contributed by atoms with Gasteiger partial charge < -0.3 is 9.64 Å². The van der Waals surface area contributed by atoms with Gasteiger partial charge in [-0.25, -0.2) is 4.99 Å². The van der Waals surface area contributed by atoms with E-state index in [1.54, 1.807) is 7.11 Å². The molecule has 3 rings (SSSR count). The fraction of sp³-hybridized carbons (Fsp3) is 0.214. The van der Waals surface area contributed by atoms with Crippen LogP contribution in [-0.2, 0) is 6.42 Å². The lowest BCUT2D eigenvalue weighted by atomic mass is 9.95. The Labute approximate surface area is 111 Å². The molecule has 92 valence electrons. The number of allylic oxidation sites excluding steroid dienone is 1. The fourth-order valence-corrected chi connectivity index (χ4v) is 2.61. The molecule has 2 aliphatic heterocycles. The van der Waals surface area contributed by atoms with Gasteiger partial charge in [0, 0.05) is 12.1 Å². The molecule has 0 bridgehead atoms. The van der Waals surface area contributed by atoms with Crippen molar-refractivity contribution >= 4 is 22.5 Å². The third-order valence-electron chi connectivity index (χ3n) is 3.29. The van der Waals surface area contributed by atoms with Gasteiger partial charge in [-0.1, -0.05) is 18.2 Å². The van der Waals surface area contributed by atoms with E-state index in [9.17, 15) is 0 Å². The quantitative estimate of drug-likeness (QED) is 0.775. The van der Waals surface area contributed by atoms with Crippen LogP contribution in [0.2, 0.25) is 0 Å². The molecule has 2 heterocycles. The minimum absolute atomic E-state index is 0.481. The van der Waals surface area contributed by atoms with Crippen molar-refractivity contribution in [3.05, 3.63) is 47.8 Å². The van der Waals surface area contributed by atoms with E-state index in [4.69, 9.17) is 16.3 Å². The van der Waals surface area contributed by atoms with Gasteiger partial charge in [0.05, 0.1) is 12.8 Å². The second-order valence-electron chi connectivity index (χ2n) is 4.31. The summed E-state index contributed by atoms with van der Waals surface area (Å²) in [5, 5.41) is 0.481. The molecule has 0 amide bonds. The van der Waals surface area contributed by atoms with Crippen LogP contribution in [0.4, 0.5) is 0 Å². The van der Waals surface area contributed by atoms with Crippen LogP contribution in [0, 0.1) is 0 Å². The maximum atomic E-state index is 6.02. The zero-order valence-electron chi connectivity index (χ0n) is 10.1. The maximum absolute atomic E-state index is 6.02. The van der Waals surface area contributed by atoms with Crippen molar-refractivity contribution < 1.29 is 4.74 Å². The van der Waals surface area contributed by atoms with E-state index in [1.165, 1.54) is 11.1 Å². The third kappa shape index (κ3) is 1.71. The van der Waals surface area contributed by atoms with Crippen LogP contribution in [0.5, 0.6) is 5.75 Å². The van der Waals surface area contributed by atoms with Crippen LogP contribution < -0.4 is 4.74 Å². The van der Waals surface area contributed by atoms with Gasteiger partial charge in [-0.2, -0.15) is 0 Å². The zero-order chi connectivity index (χ0) is 12.7. The molecule has 0 fully saturated rings. The Hall–Kier alpha value is -1.74. The molecular weight excluding hydrogens is 248 g/mol. The summed E-state index contributed by atoms with van der Waals surface area (Å²) in [4.78, 5) is 6.28. The van der Waals surface area contributed by atoms with E-state index in [-0.39, 0.29) is 0 Å². The predicted octanol–water partition coefficient (Wildman–Crippen LogP) is 3.02. The topological polar surface area (TPSA) is 24.8 Å². The van der Waals surface area contributed by atoms with Crippen LogP contribution in [0.1, 0.15) is 11.1 Å². The van der Waals surface area contributed by atoms with Gasteiger partial charge in [-0.15, -0.1) is 0 Å². The van der Waals surface area contributed by atoms with Crippen molar-refractivity contribution in [2.24, 2.45) is 4.99 Å². The molecule has 0 N–H and O–H groups in total. The van der Waals surface area contributed by atoms with E-state index >= 15 is 0 Å². The predicted molar refractivity (Wildman–Crippen MR) is 73.8 cm³/mol. The number of fused-ring (bicyclic) bond motifs is 3. The standard InChI is InChI=1S/C14H13ClN2O/c1-9-16-14(15)8-13-12-4-3-11(18-2)7-10(12)5-6-17(9)13/h3-4,7-8H,1,5-6H2,2H3. The second-order valence-corrected chi connectivity index (χ2v) is 4.69. The largest absolute Gasteiger partial charge is 0.497 e. The number of halogens is 1. The number of benzene rings is 1. The minimum atomic E-state index is 0.481. The van der Waals surface area contributed by atoms with Crippen molar-refractivity contribution in [1.29, 1.82) is 0 Å². The fourth-order valence-electron chi connectivity index (χ4n) is 2.40. The second kappa shape index (κ2) is 4.18. The molecule has 0 atom stereocenters. The number of hydrogen-bond acceptors (Lipinski definition) is 3. The Kier molecular flexibility index (Phi) is 2.63. The van der Waals surface area contributed by atoms with E-state index in [1.807, 2.05) is 12.1 Å². The molecule has 3 nitrogen and oxygen atoms in total. The highest BCUT2D eigenvalue weighted by Crippen LogP contribution is 2.35. The third-order valence-corrected chi connectivity index (χ3v) is 3.48. The van der Waals surface area contributed by atoms with Crippen LogP contribution in [-0.4, -0.2) is 23.7 Å². The van der Waals surface area contributed by atoms with Crippen LogP contribution in [0.25, 0.3) is 5.70 Å². The number of ether oxygens (including phenoxy) is 1. The number of nitrogens with zero attached hydrogens (tertiary/aromatic N) is 2. The summed E-state index contributed by atoms with van der Waals surface area (Å²) in [5.74, 6) is 1.59. The van der Waals surface area contributed by atoms with Gasteiger partial charge in [0.15, 0.2) is 0 Å². The highest BCUT2D eigenvalue weighted by molar-refractivity contribution is 6.69. The van der Waals surface area contributed by atoms with Crippen molar-refractivity contribution in [3.63, 3.8) is 0 Å². The molecule has 2 aliphatic rings. The molecular formula is C14H13ClN2O. The van der Waals surface area contributed by atoms with Gasteiger partial charge >= 0.3 is 0 Å². The van der Waals surface area contributed by atoms with Crippen molar-refractivity contribution in [2.75, 3.05) is 13.7 Å². The first-order valence-corrected chi connectivity index (χ1v) is 6.16. The van der Waals surface area contributed by atoms with E-state index in [2.05, 4.69) is 28.6 Å². The van der Waals surface area contributed by atoms with Gasteiger partial charge in [0.2, 0.25) is 0 Å². The highest BCUT2D eigenvalue weighted by atomic mass is 35.5. The lowest BCUT2D eigenvalue weighted by Crippen LogP contribution is -2.30. The summed E-state index contributed by atoms with van der Waals surface area (Å²) in [6.45, 7) is 4.82. The molecule has 1 aromatic rings. The molecule has 0 aliphatic carbocycles. The first-order valence-electron chi connectivity index (χ1n) is 5.78. The first kappa shape index (κ1) is 11.4. The van der Waals surface area contributed by atoms with Crippen LogP contribution >= 0.6 is 11.6 Å². The number of methoxy groups -OCH3 is 1. The maximum Gasteiger partial charge on any atom is 0.133 e. The van der Waals surface area contributed by atoms with E-state index in [0.717, 1.165) is 24.4 Å². The van der Waals surface area contributed by atoms with Crippen LogP contribution in [0.15, 0.2) is 41.7 Å². The average molecular weight is 261 g/mol. The van der Waals surface area contributed by atoms with Gasteiger partial charge in [0.25, 0.3) is 0 Å². The first-order chi connectivity index (χ1) is 8.69. The Morgan fingerprint density at radius 2 is 2.28 bits per heavy atom. The molecule has 0 aromatic heterocycles. The van der Waals surface area contributed by atoms with E-state index in [0.29, 0.717) is 11.0 Å².